The fraction of sp³-hybridized carbons (Fsp3) is 0.172. The average molecular weight is 574 g/mol. The summed E-state index contributed by atoms with van der Waals surface area (Å²) >= 11 is 0. The van der Waals surface area contributed by atoms with Gasteiger partial charge in [-0.25, -0.2) is 8.42 Å². The number of hydrogen-bond donors (Lipinski definition) is 0. The van der Waals surface area contributed by atoms with Crippen LogP contribution in [0, 0.1) is 6.92 Å². The van der Waals surface area contributed by atoms with Crippen molar-refractivity contribution in [1.82, 2.24) is 0 Å². The smallest absolute Gasteiger partial charge is 0.485 e. The number of alkyl halides is 3. The van der Waals surface area contributed by atoms with Crippen molar-refractivity contribution in [3.8, 4) is 5.75 Å². The lowest BCUT2D eigenvalue weighted by atomic mass is 10.2. The van der Waals surface area contributed by atoms with Crippen molar-refractivity contribution in [2.24, 2.45) is 0 Å². The highest BCUT2D eigenvalue weighted by molar-refractivity contribution is 7.96. The van der Waals surface area contributed by atoms with E-state index in [1.54, 1.807) is 7.11 Å². The minimum Gasteiger partial charge on any atom is -0.741 e. The van der Waals surface area contributed by atoms with E-state index in [0.29, 0.717) is 0 Å². The van der Waals surface area contributed by atoms with E-state index >= 15 is 0 Å². The monoisotopic (exact) mass is 573 g/mol. The number of aryl methyl sites for hydroxylation is 1. The van der Waals surface area contributed by atoms with Gasteiger partial charge in [-0.1, -0.05) is 60.2 Å². The third-order valence-electron chi connectivity index (χ3n) is 6.55. The van der Waals surface area contributed by atoms with Crippen molar-refractivity contribution in [2.45, 2.75) is 12.4 Å². The third-order valence-corrected chi connectivity index (χ3v) is 11.6. The lowest BCUT2D eigenvalue weighted by Crippen LogP contribution is -2.44. The summed E-state index contributed by atoms with van der Waals surface area (Å²) in [5, 5.41) is 4.17. The van der Waals surface area contributed by atoms with E-state index < -0.39 is 22.9 Å². The van der Waals surface area contributed by atoms with Crippen LogP contribution in [-0.2, 0) is 10.1 Å². The molecule has 1 aliphatic rings. The first-order chi connectivity index (χ1) is 18.5. The number of rotatable bonds is 4. The van der Waals surface area contributed by atoms with Gasteiger partial charge in [0.25, 0.3) is 0 Å². The molecule has 0 saturated heterocycles. The van der Waals surface area contributed by atoms with Crippen LogP contribution in [0.3, 0.4) is 0 Å². The van der Waals surface area contributed by atoms with Crippen LogP contribution in [0.2, 0.25) is 0 Å². The van der Waals surface area contributed by atoms with Crippen LogP contribution in [0.4, 0.5) is 24.5 Å². The van der Waals surface area contributed by atoms with Crippen LogP contribution < -0.4 is 25.6 Å². The fourth-order valence-corrected chi connectivity index (χ4v) is 9.33. The molecule has 0 spiro atoms. The van der Waals surface area contributed by atoms with Crippen molar-refractivity contribution in [1.29, 1.82) is 0 Å². The first-order valence-corrected chi connectivity index (χ1v) is 15.4. The molecule has 5 rings (SSSR count). The van der Waals surface area contributed by atoms with Crippen molar-refractivity contribution in [3.05, 3.63) is 109 Å². The molecule has 1 aliphatic heterocycles. The Hall–Kier alpha value is -3.39. The topological polar surface area (TPSA) is 69.7 Å². The van der Waals surface area contributed by atoms with E-state index in [4.69, 9.17) is 17.7 Å². The van der Waals surface area contributed by atoms with Gasteiger partial charge in [-0.05, 0) is 55.5 Å². The number of fused-ring (bicyclic) bond motifs is 1. The molecule has 0 fully saturated rings. The summed E-state index contributed by atoms with van der Waals surface area (Å²) in [4.78, 5) is 2.46. The molecule has 0 aromatic heterocycles. The Morgan fingerprint density at radius 3 is 1.79 bits per heavy atom. The second-order valence-electron chi connectivity index (χ2n) is 8.92. The molecule has 0 saturated carbocycles. The molecule has 0 unspecified atom stereocenters. The van der Waals surface area contributed by atoms with Gasteiger partial charge in [0.15, 0.2) is 21.2 Å². The molecule has 4 aromatic rings. The van der Waals surface area contributed by atoms with Gasteiger partial charge in [-0.15, -0.1) is 0 Å². The molecule has 0 amide bonds. The number of nitrogens with zero attached hydrogens (tertiary/aromatic N) is 1. The van der Waals surface area contributed by atoms with Gasteiger partial charge in [0, 0.05) is 5.69 Å². The Morgan fingerprint density at radius 1 is 0.821 bits per heavy atom. The van der Waals surface area contributed by atoms with Crippen molar-refractivity contribution in [3.63, 3.8) is 0 Å². The number of methoxy groups -OCH3 is 1. The third kappa shape index (κ3) is 5.81. The molecule has 10 heteroatoms. The van der Waals surface area contributed by atoms with Crippen LogP contribution in [0.5, 0.6) is 5.75 Å². The van der Waals surface area contributed by atoms with Crippen LogP contribution in [0.25, 0.3) is 0 Å². The molecule has 4 aromatic carbocycles. The van der Waals surface area contributed by atoms with Gasteiger partial charge in [0.05, 0.1) is 25.5 Å². The molecule has 5 nitrogen and oxygen atoms in total. The van der Waals surface area contributed by atoms with E-state index in [0.717, 1.165) is 18.5 Å². The van der Waals surface area contributed by atoms with Crippen LogP contribution in [0.1, 0.15) is 5.56 Å². The maximum atomic E-state index is 10.7. The Kier molecular flexibility index (Phi) is 8.35. The lowest BCUT2D eigenvalue weighted by Gasteiger charge is -2.39. The molecule has 0 atom stereocenters. The zero-order chi connectivity index (χ0) is 28.3. The quantitative estimate of drug-likeness (QED) is 0.183. The average Bonchev–Trinajstić information content (AvgIpc) is 2.93. The zero-order valence-electron chi connectivity index (χ0n) is 21.3. The summed E-state index contributed by atoms with van der Waals surface area (Å²) in [5.74, 6) is 0.982. The summed E-state index contributed by atoms with van der Waals surface area (Å²) in [6.07, 6.45) is 1.07. The first kappa shape index (κ1) is 28.6. The summed E-state index contributed by atoms with van der Waals surface area (Å²) in [6.45, 7) is 3.11. The van der Waals surface area contributed by atoms with E-state index in [1.807, 2.05) is 0 Å². The molecule has 204 valence electrons. The molecule has 0 radical (unpaired) electrons. The summed E-state index contributed by atoms with van der Waals surface area (Å²) in [7, 11) is -6.17. The highest BCUT2D eigenvalue weighted by Gasteiger charge is 2.52. The number of halogens is 3. The number of ether oxygens (including phenoxy) is 1. The zero-order valence-corrected chi connectivity index (χ0v) is 23.0. The van der Waals surface area contributed by atoms with E-state index in [-0.39, 0.29) is 0 Å². The fourth-order valence-electron chi connectivity index (χ4n) is 4.78. The van der Waals surface area contributed by atoms with E-state index in [2.05, 4.69) is 115 Å². The first-order valence-electron chi connectivity index (χ1n) is 12.0. The molecule has 1 heterocycles. The maximum Gasteiger partial charge on any atom is 0.485 e. The summed E-state index contributed by atoms with van der Waals surface area (Å²) in [6, 6.07) is 37.5. The minimum absolute atomic E-state index is 0.973. The van der Waals surface area contributed by atoms with E-state index in [9.17, 15) is 13.2 Å². The van der Waals surface area contributed by atoms with Crippen molar-refractivity contribution in [2.75, 3.05) is 24.7 Å². The van der Waals surface area contributed by atoms with Gasteiger partial charge in [0.1, 0.15) is 17.9 Å². The SMILES string of the molecule is COc1cccc2c1[P+](c1ccccc1)(c1ccccc1)CCN2c1ccc(C)cc1.O=S(=O)([O-])C(F)(F)F. The molecule has 39 heavy (non-hydrogen) atoms. The summed E-state index contributed by atoms with van der Waals surface area (Å²) < 4.78 is 64.9. The Morgan fingerprint density at radius 2 is 1.33 bits per heavy atom. The normalized spacial score (nSPS) is 14.6. The minimum atomic E-state index is -6.09. The second kappa shape index (κ2) is 11.4. The predicted octanol–water partition coefficient (Wildman–Crippen LogP) is 5.50. The molecule has 0 bridgehead atoms. The molecular formula is C29H27F3NO4PS. The highest BCUT2D eigenvalue weighted by Crippen LogP contribution is 2.61. The van der Waals surface area contributed by atoms with Crippen LogP contribution >= 0.6 is 7.26 Å². The molecule has 0 N–H and O–H groups in total. The molecule has 0 aliphatic carbocycles. The van der Waals surface area contributed by atoms with Crippen LogP contribution in [0.15, 0.2) is 103 Å². The van der Waals surface area contributed by atoms with Gasteiger partial charge >= 0.3 is 5.51 Å². The summed E-state index contributed by atoms with van der Waals surface area (Å²) in [5.41, 5.74) is -1.87. The largest absolute Gasteiger partial charge is 0.741 e. The van der Waals surface area contributed by atoms with Gasteiger partial charge in [0.2, 0.25) is 0 Å². The van der Waals surface area contributed by atoms with Crippen LogP contribution in [-0.4, -0.2) is 38.3 Å². The number of benzene rings is 4. The van der Waals surface area contributed by atoms with Crippen molar-refractivity contribution >= 4 is 44.7 Å². The standard InChI is InChI=1S/C28H27NOP.CHF3O3S/c1-22-16-18-23(19-17-22)29-20-21-31(24-10-5-3-6-11-24,25-12-7-4-8-13-25)28-26(29)14-9-15-27(28)30-2;2-1(3,4)8(5,6)7/h3-19H,20-21H2,1-2H3;(H,5,6,7)/q+1;/p-1. The van der Waals surface area contributed by atoms with Gasteiger partial charge in [-0.2, -0.15) is 13.2 Å². The Labute approximate surface area is 227 Å². The number of anilines is 2. The lowest BCUT2D eigenvalue weighted by molar-refractivity contribution is -0.0517. The van der Waals surface area contributed by atoms with E-state index in [1.165, 1.54) is 32.9 Å². The predicted molar refractivity (Wildman–Crippen MR) is 151 cm³/mol. The molecular weight excluding hydrogens is 546 g/mol. The van der Waals surface area contributed by atoms with Crippen molar-refractivity contribution < 1.29 is 30.9 Å². The second-order valence-corrected chi connectivity index (χ2v) is 13.8. The van der Waals surface area contributed by atoms with Gasteiger partial charge in [-0.3, -0.25) is 0 Å². The Bertz CT molecular complexity index is 1470. The highest BCUT2D eigenvalue weighted by atomic mass is 32.2. The Balaban J connectivity index is 0.000000386. The maximum absolute atomic E-state index is 10.7. The number of hydrogen-bond acceptors (Lipinski definition) is 5. The van der Waals surface area contributed by atoms with Gasteiger partial charge < -0.3 is 14.2 Å².